The van der Waals surface area contributed by atoms with E-state index in [1.165, 1.54) is 0 Å². The summed E-state index contributed by atoms with van der Waals surface area (Å²) < 4.78 is 5.40. The lowest BCUT2D eigenvalue weighted by Gasteiger charge is -2.34. The van der Waals surface area contributed by atoms with Gasteiger partial charge in [-0.3, -0.25) is 4.79 Å². The second kappa shape index (κ2) is 5.75. The van der Waals surface area contributed by atoms with E-state index < -0.39 is 5.60 Å². The summed E-state index contributed by atoms with van der Waals surface area (Å²) >= 11 is 0. The Morgan fingerprint density at radius 1 is 1.53 bits per heavy atom. The molecule has 0 aromatic carbocycles. The van der Waals surface area contributed by atoms with Crippen LogP contribution >= 0.6 is 0 Å². The van der Waals surface area contributed by atoms with Gasteiger partial charge in [-0.15, -0.1) is 0 Å². The maximum absolute atomic E-state index is 12.0. The molecule has 0 bridgehead atoms. The number of carbonyl (C=O) groups excluding carboxylic acids is 1. The zero-order valence-electron chi connectivity index (χ0n) is 11.3. The van der Waals surface area contributed by atoms with Gasteiger partial charge in [-0.05, 0) is 44.7 Å². The van der Waals surface area contributed by atoms with Gasteiger partial charge in [0.05, 0.1) is 12.1 Å². The zero-order chi connectivity index (χ0) is 13.9. The van der Waals surface area contributed by atoms with Gasteiger partial charge < -0.3 is 20.6 Å². The number of nitrogens with one attached hydrogen (secondary N) is 1. The molecule has 0 spiro atoms. The minimum Gasteiger partial charge on any atom is -0.465 e. The van der Waals surface area contributed by atoms with Gasteiger partial charge in [-0.25, -0.2) is 0 Å². The van der Waals surface area contributed by atoms with Gasteiger partial charge in [0.25, 0.3) is 0 Å². The minimum atomic E-state index is -0.769. The summed E-state index contributed by atoms with van der Waals surface area (Å²) in [7, 11) is 0. The highest BCUT2D eigenvalue weighted by Gasteiger charge is 2.34. The number of carbonyl (C=O) groups is 1. The standard InChI is InChI=1S/C14H22N2O3/c1-10-2-3-12(19-10)8-16-13(17)11-4-6-14(18,9-15)7-5-11/h2-3,11,18H,4-9,15H2,1H3,(H,16,17). The van der Waals surface area contributed by atoms with Crippen molar-refractivity contribution in [2.45, 2.75) is 44.8 Å². The minimum absolute atomic E-state index is 0.0251. The third-order valence-corrected chi connectivity index (χ3v) is 3.90. The maximum atomic E-state index is 12.0. The fraction of sp³-hybridized carbons (Fsp3) is 0.643. The van der Waals surface area contributed by atoms with E-state index in [1.54, 1.807) is 0 Å². The normalized spacial score (nSPS) is 27.2. The molecule has 19 heavy (non-hydrogen) atoms. The lowest BCUT2D eigenvalue weighted by Crippen LogP contribution is -2.44. The molecule has 1 saturated carbocycles. The van der Waals surface area contributed by atoms with E-state index in [-0.39, 0.29) is 18.4 Å². The van der Waals surface area contributed by atoms with Crippen LogP contribution in [0.3, 0.4) is 0 Å². The molecular formula is C14H22N2O3. The molecule has 0 unspecified atom stereocenters. The van der Waals surface area contributed by atoms with Gasteiger partial charge >= 0.3 is 0 Å². The Morgan fingerprint density at radius 2 is 2.21 bits per heavy atom. The van der Waals surface area contributed by atoms with Crippen LogP contribution in [-0.2, 0) is 11.3 Å². The number of aliphatic hydroxyl groups is 1. The van der Waals surface area contributed by atoms with Crippen LogP contribution in [0.5, 0.6) is 0 Å². The molecule has 0 aliphatic heterocycles. The van der Waals surface area contributed by atoms with Gasteiger partial charge in [0.2, 0.25) is 5.91 Å². The Hall–Kier alpha value is -1.33. The van der Waals surface area contributed by atoms with Crippen molar-refractivity contribution in [2.24, 2.45) is 11.7 Å². The average molecular weight is 266 g/mol. The first-order chi connectivity index (χ1) is 9.02. The van der Waals surface area contributed by atoms with Crippen molar-refractivity contribution in [1.82, 2.24) is 5.32 Å². The molecular weight excluding hydrogens is 244 g/mol. The number of hydrogen-bond acceptors (Lipinski definition) is 4. The summed E-state index contributed by atoms with van der Waals surface area (Å²) in [5.74, 6) is 1.62. The van der Waals surface area contributed by atoms with Crippen molar-refractivity contribution in [3.8, 4) is 0 Å². The maximum Gasteiger partial charge on any atom is 0.223 e. The SMILES string of the molecule is Cc1ccc(CNC(=O)C2CCC(O)(CN)CC2)o1. The predicted octanol–water partition coefficient (Wildman–Crippen LogP) is 1.08. The van der Waals surface area contributed by atoms with E-state index in [0.717, 1.165) is 11.5 Å². The van der Waals surface area contributed by atoms with Crippen LogP contribution in [0.1, 0.15) is 37.2 Å². The smallest absolute Gasteiger partial charge is 0.223 e. The number of hydrogen-bond donors (Lipinski definition) is 3. The Labute approximate surface area is 113 Å². The Balaban J connectivity index is 1.78. The zero-order valence-corrected chi connectivity index (χ0v) is 11.3. The summed E-state index contributed by atoms with van der Waals surface area (Å²) in [4.78, 5) is 12.0. The molecule has 106 valence electrons. The van der Waals surface area contributed by atoms with Crippen LogP contribution in [0.2, 0.25) is 0 Å². The first-order valence-electron chi connectivity index (χ1n) is 6.78. The molecule has 2 rings (SSSR count). The van der Waals surface area contributed by atoms with Gasteiger partial charge in [0.15, 0.2) is 0 Å². The highest BCUT2D eigenvalue weighted by atomic mass is 16.3. The van der Waals surface area contributed by atoms with Crippen LogP contribution < -0.4 is 11.1 Å². The predicted molar refractivity (Wildman–Crippen MR) is 71.3 cm³/mol. The molecule has 1 aliphatic rings. The lowest BCUT2D eigenvalue weighted by atomic mass is 9.78. The quantitative estimate of drug-likeness (QED) is 0.761. The van der Waals surface area contributed by atoms with Gasteiger partial charge in [-0.1, -0.05) is 0 Å². The lowest BCUT2D eigenvalue weighted by molar-refractivity contribution is -0.128. The largest absolute Gasteiger partial charge is 0.465 e. The molecule has 1 aromatic heterocycles. The number of amides is 1. The summed E-state index contributed by atoms with van der Waals surface area (Å²) in [6.45, 7) is 2.57. The van der Waals surface area contributed by atoms with E-state index in [0.29, 0.717) is 32.2 Å². The summed E-state index contributed by atoms with van der Waals surface area (Å²) in [6.07, 6.45) is 2.58. The Bertz CT molecular complexity index is 434. The monoisotopic (exact) mass is 266 g/mol. The van der Waals surface area contributed by atoms with Gasteiger partial charge in [0.1, 0.15) is 11.5 Å². The van der Waals surface area contributed by atoms with Crippen molar-refractivity contribution in [1.29, 1.82) is 0 Å². The van der Waals surface area contributed by atoms with E-state index in [2.05, 4.69) is 5.32 Å². The van der Waals surface area contributed by atoms with Crippen molar-refractivity contribution in [3.05, 3.63) is 23.7 Å². The van der Waals surface area contributed by atoms with Crippen LogP contribution in [0, 0.1) is 12.8 Å². The number of nitrogens with two attached hydrogens (primary N) is 1. The molecule has 0 saturated heterocycles. The van der Waals surface area contributed by atoms with Crippen LogP contribution in [0.15, 0.2) is 16.5 Å². The molecule has 1 aromatic rings. The number of furan rings is 1. The second-order valence-corrected chi connectivity index (χ2v) is 5.43. The van der Waals surface area contributed by atoms with Crippen molar-refractivity contribution in [2.75, 3.05) is 6.54 Å². The van der Waals surface area contributed by atoms with E-state index in [4.69, 9.17) is 10.2 Å². The Morgan fingerprint density at radius 3 is 2.74 bits per heavy atom. The molecule has 1 aliphatic carbocycles. The number of rotatable bonds is 4. The van der Waals surface area contributed by atoms with Gasteiger partial charge in [-0.2, -0.15) is 0 Å². The topological polar surface area (TPSA) is 88.5 Å². The first kappa shape index (κ1) is 14.1. The molecule has 1 heterocycles. The van der Waals surface area contributed by atoms with Crippen LogP contribution in [0.25, 0.3) is 0 Å². The van der Waals surface area contributed by atoms with Crippen LogP contribution in [0.4, 0.5) is 0 Å². The molecule has 0 radical (unpaired) electrons. The molecule has 4 N–H and O–H groups in total. The third-order valence-electron chi connectivity index (χ3n) is 3.90. The molecule has 5 heteroatoms. The number of aryl methyl sites for hydroxylation is 1. The summed E-state index contributed by atoms with van der Waals surface area (Å²) in [5.41, 5.74) is 4.76. The molecule has 1 fully saturated rings. The Kier molecular flexibility index (Phi) is 4.27. The summed E-state index contributed by atoms with van der Waals surface area (Å²) in [5, 5.41) is 12.9. The van der Waals surface area contributed by atoms with Gasteiger partial charge in [0, 0.05) is 12.5 Å². The highest BCUT2D eigenvalue weighted by Crippen LogP contribution is 2.31. The second-order valence-electron chi connectivity index (χ2n) is 5.43. The van der Waals surface area contributed by atoms with Crippen molar-refractivity contribution in [3.63, 3.8) is 0 Å². The summed E-state index contributed by atoms with van der Waals surface area (Å²) in [6, 6.07) is 3.74. The average Bonchev–Trinajstić information content (AvgIpc) is 2.83. The first-order valence-corrected chi connectivity index (χ1v) is 6.78. The van der Waals surface area contributed by atoms with E-state index in [1.807, 2.05) is 19.1 Å². The third kappa shape index (κ3) is 3.58. The fourth-order valence-electron chi connectivity index (χ4n) is 2.52. The fourth-order valence-corrected chi connectivity index (χ4v) is 2.52. The molecule has 1 amide bonds. The molecule has 0 atom stereocenters. The highest BCUT2D eigenvalue weighted by molar-refractivity contribution is 5.78. The van der Waals surface area contributed by atoms with E-state index in [9.17, 15) is 9.90 Å². The van der Waals surface area contributed by atoms with E-state index >= 15 is 0 Å². The van der Waals surface area contributed by atoms with Crippen LogP contribution in [-0.4, -0.2) is 23.2 Å². The van der Waals surface area contributed by atoms with Crippen molar-refractivity contribution >= 4 is 5.91 Å². The van der Waals surface area contributed by atoms with Crippen molar-refractivity contribution < 1.29 is 14.3 Å². The molecule has 5 nitrogen and oxygen atoms in total.